The molecule has 3 aliphatic heterocycles. The number of anilines is 2. The predicted molar refractivity (Wildman–Crippen MR) is 172 cm³/mol. The quantitative estimate of drug-likeness (QED) is 0.299. The summed E-state index contributed by atoms with van der Waals surface area (Å²) in [7, 11) is 0. The number of likely N-dealkylation sites (tertiary alicyclic amines) is 1. The molecular formula is C36H42N4O5. The summed E-state index contributed by atoms with van der Waals surface area (Å²) in [6, 6.07) is 24.6. The molecule has 1 spiro atoms. The maximum atomic E-state index is 14.6. The summed E-state index contributed by atoms with van der Waals surface area (Å²) in [5, 5.41) is 16.8. The molecule has 9 heteroatoms. The van der Waals surface area contributed by atoms with Crippen molar-refractivity contribution in [2.24, 2.45) is 11.8 Å². The largest absolute Gasteiger partial charge is 0.394 e. The molecule has 2 unspecified atom stereocenters. The lowest BCUT2D eigenvalue weighted by Gasteiger charge is -2.37. The maximum absolute atomic E-state index is 14.6. The van der Waals surface area contributed by atoms with Crippen LogP contribution in [0.25, 0.3) is 0 Å². The Labute approximate surface area is 264 Å². The lowest BCUT2D eigenvalue weighted by atomic mass is 9.66. The van der Waals surface area contributed by atoms with Gasteiger partial charge in [0.25, 0.3) is 0 Å². The second kappa shape index (κ2) is 12.3. The first-order valence-corrected chi connectivity index (χ1v) is 15.9. The number of rotatable bonds is 11. The SMILES string of the molecule is CCN(CC)c1ccc(NC(=O)C2N([C@H](CO)c3ccccc3)C(=O)[C@@H]3[C@@H](C(=O)NCc4ccccc4)[C@@]4(C)CCC23O4)cc1. The average molecular weight is 611 g/mol. The topological polar surface area (TPSA) is 111 Å². The number of benzene rings is 3. The second-order valence-corrected chi connectivity index (χ2v) is 12.5. The normalized spacial score (nSPS) is 27.2. The number of carbonyl (C=O) groups is 3. The van der Waals surface area contributed by atoms with Gasteiger partial charge in [-0.2, -0.15) is 0 Å². The van der Waals surface area contributed by atoms with Crippen molar-refractivity contribution in [3.8, 4) is 0 Å². The summed E-state index contributed by atoms with van der Waals surface area (Å²) in [6.45, 7) is 7.73. The van der Waals surface area contributed by atoms with Gasteiger partial charge in [0, 0.05) is 31.0 Å². The van der Waals surface area contributed by atoms with Crippen LogP contribution in [0.2, 0.25) is 0 Å². The predicted octanol–water partition coefficient (Wildman–Crippen LogP) is 4.29. The zero-order chi connectivity index (χ0) is 31.8. The number of aliphatic hydroxyl groups excluding tert-OH is 1. The van der Waals surface area contributed by atoms with E-state index < -0.39 is 41.0 Å². The van der Waals surface area contributed by atoms with Crippen LogP contribution < -0.4 is 15.5 Å². The van der Waals surface area contributed by atoms with Crippen LogP contribution in [0.1, 0.15) is 50.8 Å². The number of nitrogens with zero attached hydrogens (tertiary/aromatic N) is 2. The fraction of sp³-hybridized carbons (Fsp3) is 0.417. The van der Waals surface area contributed by atoms with Crippen LogP contribution >= 0.6 is 0 Å². The first-order valence-electron chi connectivity index (χ1n) is 15.9. The molecular weight excluding hydrogens is 568 g/mol. The highest BCUT2D eigenvalue weighted by Gasteiger charge is 2.78. The molecule has 3 saturated heterocycles. The van der Waals surface area contributed by atoms with E-state index in [-0.39, 0.29) is 18.4 Å². The van der Waals surface area contributed by atoms with Crippen molar-refractivity contribution in [2.75, 3.05) is 29.9 Å². The van der Waals surface area contributed by atoms with Crippen LogP contribution in [-0.4, -0.2) is 64.7 Å². The van der Waals surface area contributed by atoms with Gasteiger partial charge < -0.3 is 30.3 Å². The molecule has 6 atom stereocenters. The van der Waals surface area contributed by atoms with Gasteiger partial charge in [-0.3, -0.25) is 14.4 Å². The molecule has 3 amide bonds. The van der Waals surface area contributed by atoms with Gasteiger partial charge in [-0.05, 0) is 69.0 Å². The third-order valence-corrected chi connectivity index (χ3v) is 10.0. The number of amides is 3. The van der Waals surface area contributed by atoms with Gasteiger partial charge >= 0.3 is 0 Å². The molecule has 2 bridgehead atoms. The Morgan fingerprint density at radius 1 is 0.956 bits per heavy atom. The van der Waals surface area contributed by atoms with Crippen LogP contribution in [-0.2, 0) is 25.7 Å². The molecule has 0 aromatic heterocycles. The Hall–Kier alpha value is -4.21. The Balaban J connectivity index is 1.35. The molecule has 236 valence electrons. The van der Waals surface area contributed by atoms with E-state index in [2.05, 4.69) is 29.4 Å². The molecule has 45 heavy (non-hydrogen) atoms. The minimum atomic E-state index is -1.21. The molecule has 3 aliphatic rings. The van der Waals surface area contributed by atoms with Gasteiger partial charge in [-0.1, -0.05) is 60.7 Å². The molecule has 6 rings (SSSR count). The second-order valence-electron chi connectivity index (χ2n) is 12.5. The standard InChI is InChI=1S/C36H42N4O5/c1-4-39(5-2)27-18-16-26(17-19-27)38-33(43)31-36-21-20-35(3,45-36)29(32(42)37-22-24-12-8-6-9-13-24)30(36)34(44)40(31)28(23-41)25-14-10-7-11-15-25/h6-19,28-31,41H,4-5,20-23H2,1-3H3,(H,37,42)(H,38,43)/t28-,29+,30+,31?,35-,36?/m1/s1. The molecule has 3 aromatic carbocycles. The zero-order valence-electron chi connectivity index (χ0n) is 26.1. The van der Waals surface area contributed by atoms with Crippen molar-refractivity contribution in [1.82, 2.24) is 10.2 Å². The van der Waals surface area contributed by atoms with E-state index in [1.165, 1.54) is 4.90 Å². The van der Waals surface area contributed by atoms with Crippen LogP contribution in [0, 0.1) is 11.8 Å². The number of ether oxygens (including phenoxy) is 1. The Kier molecular flexibility index (Phi) is 8.41. The number of hydrogen-bond acceptors (Lipinski definition) is 6. The van der Waals surface area contributed by atoms with E-state index in [0.29, 0.717) is 30.6 Å². The minimum absolute atomic E-state index is 0.269. The van der Waals surface area contributed by atoms with E-state index in [0.717, 1.165) is 24.3 Å². The molecule has 9 nitrogen and oxygen atoms in total. The summed E-state index contributed by atoms with van der Waals surface area (Å²) in [4.78, 5) is 46.6. The van der Waals surface area contributed by atoms with Crippen LogP contribution in [0.3, 0.4) is 0 Å². The molecule has 0 radical (unpaired) electrons. The number of aliphatic hydroxyl groups is 1. The molecule has 3 aromatic rings. The van der Waals surface area contributed by atoms with E-state index in [9.17, 15) is 19.5 Å². The highest BCUT2D eigenvalue weighted by molar-refractivity contribution is 6.04. The highest BCUT2D eigenvalue weighted by Crippen LogP contribution is 2.64. The first-order chi connectivity index (χ1) is 21.8. The fourth-order valence-corrected chi connectivity index (χ4v) is 7.88. The van der Waals surface area contributed by atoms with Gasteiger partial charge in [0.05, 0.1) is 30.1 Å². The van der Waals surface area contributed by atoms with Crippen molar-refractivity contribution < 1.29 is 24.2 Å². The highest BCUT2D eigenvalue weighted by atomic mass is 16.5. The van der Waals surface area contributed by atoms with Gasteiger partial charge in [0.15, 0.2) is 0 Å². The van der Waals surface area contributed by atoms with Crippen molar-refractivity contribution in [3.05, 3.63) is 96.1 Å². The van der Waals surface area contributed by atoms with E-state index >= 15 is 0 Å². The van der Waals surface area contributed by atoms with Crippen molar-refractivity contribution in [1.29, 1.82) is 0 Å². The lowest BCUT2D eigenvalue weighted by Crippen LogP contribution is -2.54. The number of nitrogens with one attached hydrogen (secondary N) is 2. The molecule has 3 heterocycles. The first kappa shape index (κ1) is 30.8. The monoisotopic (exact) mass is 610 g/mol. The summed E-state index contributed by atoms with van der Waals surface area (Å²) in [5.74, 6) is -2.67. The minimum Gasteiger partial charge on any atom is -0.394 e. The fourth-order valence-electron chi connectivity index (χ4n) is 7.88. The summed E-state index contributed by atoms with van der Waals surface area (Å²) < 4.78 is 6.77. The van der Waals surface area contributed by atoms with Crippen LogP contribution in [0.5, 0.6) is 0 Å². The maximum Gasteiger partial charge on any atom is 0.250 e. The summed E-state index contributed by atoms with van der Waals surface area (Å²) >= 11 is 0. The molecule has 0 aliphatic carbocycles. The van der Waals surface area contributed by atoms with E-state index in [1.807, 2.05) is 91.9 Å². The Bertz CT molecular complexity index is 1530. The molecule has 3 N–H and O–H groups in total. The number of hydrogen-bond donors (Lipinski definition) is 3. The van der Waals surface area contributed by atoms with Crippen molar-refractivity contribution >= 4 is 29.1 Å². The van der Waals surface area contributed by atoms with Crippen molar-refractivity contribution in [3.63, 3.8) is 0 Å². The molecule has 0 saturated carbocycles. The van der Waals surface area contributed by atoms with Crippen LogP contribution in [0.4, 0.5) is 11.4 Å². The number of carbonyl (C=O) groups excluding carboxylic acids is 3. The van der Waals surface area contributed by atoms with Gasteiger partial charge in [-0.25, -0.2) is 0 Å². The summed E-state index contributed by atoms with van der Waals surface area (Å²) in [5.41, 5.74) is 1.18. The van der Waals surface area contributed by atoms with Gasteiger partial charge in [0.1, 0.15) is 11.6 Å². The lowest BCUT2D eigenvalue weighted by molar-refractivity contribution is -0.148. The van der Waals surface area contributed by atoms with E-state index in [1.54, 1.807) is 0 Å². The Morgan fingerprint density at radius 2 is 1.60 bits per heavy atom. The Morgan fingerprint density at radius 3 is 2.22 bits per heavy atom. The van der Waals surface area contributed by atoms with Crippen molar-refractivity contribution in [2.45, 2.75) is 63.4 Å². The number of fused-ring (bicyclic) bond motifs is 1. The molecule has 3 fully saturated rings. The van der Waals surface area contributed by atoms with Crippen LogP contribution in [0.15, 0.2) is 84.9 Å². The van der Waals surface area contributed by atoms with Gasteiger partial charge in [-0.15, -0.1) is 0 Å². The smallest absolute Gasteiger partial charge is 0.250 e. The van der Waals surface area contributed by atoms with Gasteiger partial charge in [0.2, 0.25) is 17.7 Å². The third kappa shape index (κ3) is 5.27. The third-order valence-electron chi connectivity index (χ3n) is 10.0. The average Bonchev–Trinajstić information content (AvgIpc) is 3.63. The van der Waals surface area contributed by atoms with E-state index in [4.69, 9.17) is 4.74 Å². The summed E-state index contributed by atoms with van der Waals surface area (Å²) in [6.07, 6.45) is 0.982. The zero-order valence-corrected chi connectivity index (χ0v) is 26.1.